The molecule has 3 rings (SSSR count). The Morgan fingerprint density at radius 1 is 1.24 bits per heavy atom. The van der Waals surface area contributed by atoms with Gasteiger partial charge < -0.3 is 30.5 Å². The van der Waals surface area contributed by atoms with Crippen LogP contribution in [0.4, 0.5) is 5.82 Å². The summed E-state index contributed by atoms with van der Waals surface area (Å²) in [6, 6.07) is 0. The number of nitrogen functional groups attached to an aromatic ring is 1. The van der Waals surface area contributed by atoms with Crippen LogP contribution in [-0.2, 0) is 13.8 Å². The van der Waals surface area contributed by atoms with E-state index in [4.69, 9.17) is 20.3 Å². The normalized spacial score (nSPS) is 26.2. The van der Waals surface area contributed by atoms with Crippen molar-refractivity contribution in [1.29, 1.82) is 0 Å². The van der Waals surface area contributed by atoms with Gasteiger partial charge in [0.1, 0.15) is 30.2 Å². The van der Waals surface area contributed by atoms with E-state index in [1.807, 2.05) is 0 Å². The number of rotatable bonds is 4. The first-order valence-corrected chi connectivity index (χ1v) is 7.95. The van der Waals surface area contributed by atoms with Crippen LogP contribution in [0.25, 0.3) is 11.2 Å². The van der Waals surface area contributed by atoms with E-state index in [2.05, 4.69) is 19.5 Å². The number of fused-ring (bicyclic) bond motifs is 1. The van der Waals surface area contributed by atoms with Gasteiger partial charge in [-0.3, -0.25) is 9.09 Å². The number of ether oxygens (including phenoxy) is 1. The minimum Gasteiger partial charge on any atom is -0.387 e. The Hall–Kier alpha value is 0.340. The molecule has 0 spiro atoms. The molecule has 25 heavy (non-hydrogen) atoms. The average Bonchev–Trinajstić information content (AvgIpc) is 3.01. The van der Waals surface area contributed by atoms with Crippen molar-refractivity contribution in [2.75, 3.05) is 12.3 Å². The van der Waals surface area contributed by atoms with Crippen LogP contribution in [0.3, 0.4) is 0 Å². The number of anilines is 1. The van der Waals surface area contributed by atoms with Crippen molar-refractivity contribution in [3.8, 4) is 0 Å². The summed E-state index contributed by atoms with van der Waals surface area (Å²) in [5, 5.41) is 20.1. The molecule has 1 fully saturated rings. The Bertz CT molecular complexity index is 773. The third-order valence-corrected chi connectivity index (χ3v) is 3.89. The van der Waals surface area contributed by atoms with Crippen LogP contribution in [0.15, 0.2) is 12.7 Å². The molecule has 0 aliphatic carbocycles. The fourth-order valence-corrected chi connectivity index (χ4v) is 2.66. The molecule has 6 N–H and O–H groups in total. The van der Waals surface area contributed by atoms with Crippen LogP contribution in [0, 0.1) is 0 Å². The topological polar surface area (TPSA) is 186 Å². The summed E-state index contributed by atoms with van der Waals surface area (Å²) in [6.07, 6.45) is -2.49. The minimum atomic E-state index is -4.72. The Labute approximate surface area is 185 Å². The van der Waals surface area contributed by atoms with E-state index in [-0.39, 0.29) is 70.6 Å². The van der Waals surface area contributed by atoms with E-state index in [0.29, 0.717) is 5.52 Å². The Morgan fingerprint density at radius 2 is 1.92 bits per heavy atom. The largest absolute Gasteiger partial charge is 0.469 e. The monoisotopic (exact) mass is 393 g/mol. The smallest absolute Gasteiger partial charge is 0.387 e. The molecule has 0 saturated carbocycles. The predicted molar refractivity (Wildman–Crippen MR) is 85.2 cm³/mol. The summed E-state index contributed by atoms with van der Waals surface area (Å²) in [5.74, 6) is 0.142. The first-order valence-electron chi connectivity index (χ1n) is 6.42. The number of hydrogen-bond acceptors (Lipinski definition) is 9. The van der Waals surface area contributed by atoms with E-state index in [1.54, 1.807) is 0 Å². The molecule has 0 unspecified atom stereocenters. The number of phosphoric ester groups is 1. The van der Waals surface area contributed by atoms with Gasteiger partial charge in [-0.1, -0.05) is 0 Å². The molecule has 0 bridgehead atoms. The van der Waals surface area contributed by atoms with E-state index < -0.39 is 39.0 Å². The molecular weight excluding hydrogens is 379 g/mol. The van der Waals surface area contributed by atoms with E-state index in [1.165, 1.54) is 17.2 Å². The number of hydrogen-bond donors (Lipinski definition) is 5. The fourth-order valence-electron chi connectivity index (χ4n) is 2.32. The molecule has 0 amide bonds. The van der Waals surface area contributed by atoms with Crippen LogP contribution in [0.5, 0.6) is 0 Å². The van der Waals surface area contributed by atoms with Gasteiger partial charge in [-0.05, 0) is 0 Å². The number of nitrogens with zero attached hydrogens (tertiary/aromatic N) is 4. The number of imidazole rings is 1. The Morgan fingerprint density at radius 3 is 2.56 bits per heavy atom. The van der Waals surface area contributed by atoms with Gasteiger partial charge in [0.15, 0.2) is 17.7 Å². The average molecular weight is 393 g/mol. The van der Waals surface area contributed by atoms with Gasteiger partial charge in [-0.2, -0.15) is 0 Å². The number of aliphatic hydroxyl groups excluding tert-OH is 2. The molecule has 0 aromatic carbocycles. The van der Waals surface area contributed by atoms with Gasteiger partial charge in [-0.25, -0.2) is 19.5 Å². The molecule has 128 valence electrons. The van der Waals surface area contributed by atoms with E-state index in [0.717, 1.165) is 0 Å². The SMILES string of the molecule is Nc1ncnc2c1ncn2[C@@H]1O[C@H](COP(=O)(O)O)[C@@H](O)[C@@H]1O.[Na].[Na]. The van der Waals surface area contributed by atoms with Crippen LogP contribution in [-0.4, -0.2) is 124 Å². The fraction of sp³-hybridized carbons (Fsp3) is 0.500. The zero-order chi connectivity index (χ0) is 16.8. The van der Waals surface area contributed by atoms with Crippen LogP contribution in [0.2, 0.25) is 0 Å². The van der Waals surface area contributed by atoms with E-state index >= 15 is 0 Å². The minimum absolute atomic E-state index is 0. The summed E-state index contributed by atoms with van der Waals surface area (Å²) >= 11 is 0. The second-order valence-electron chi connectivity index (χ2n) is 4.92. The molecule has 2 aromatic rings. The molecule has 1 aliphatic heterocycles. The van der Waals surface area contributed by atoms with Gasteiger partial charge in [0.25, 0.3) is 0 Å². The van der Waals surface area contributed by atoms with Crippen molar-refractivity contribution in [2.24, 2.45) is 0 Å². The molecule has 3 heterocycles. The second kappa shape index (κ2) is 9.02. The number of nitrogens with two attached hydrogens (primary N) is 1. The van der Waals surface area contributed by atoms with Gasteiger partial charge in [0.05, 0.1) is 12.9 Å². The first kappa shape index (κ1) is 23.4. The van der Waals surface area contributed by atoms with E-state index in [9.17, 15) is 14.8 Å². The number of aliphatic hydroxyl groups is 2. The van der Waals surface area contributed by atoms with Gasteiger partial charge in [0, 0.05) is 59.1 Å². The van der Waals surface area contributed by atoms with Gasteiger partial charge in [0.2, 0.25) is 0 Å². The summed E-state index contributed by atoms with van der Waals surface area (Å²) in [7, 11) is -4.72. The second-order valence-corrected chi connectivity index (χ2v) is 6.15. The van der Waals surface area contributed by atoms with Crippen LogP contribution in [0.1, 0.15) is 6.23 Å². The quantitative estimate of drug-likeness (QED) is 0.270. The van der Waals surface area contributed by atoms with Crippen LogP contribution < -0.4 is 5.73 Å². The maximum Gasteiger partial charge on any atom is 0.469 e. The number of aromatic nitrogens is 4. The molecule has 15 heteroatoms. The molecule has 2 radical (unpaired) electrons. The maximum atomic E-state index is 10.7. The zero-order valence-electron chi connectivity index (χ0n) is 13.5. The Balaban J connectivity index is 0.00000156. The zero-order valence-corrected chi connectivity index (χ0v) is 18.4. The van der Waals surface area contributed by atoms with Crippen molar-refractivity contribution in [2.45, 2.75) is 24.5 Å². The molecule has 1 saturated heterocycles. The molecule has 4 atom stereocenters. The summed E-state index contributed by atoms with van der Waals surface area (Å²) < 4.78 is 21.8. The summed E-state index contributed by atoms with van der Waals surface area (Å²) in [6.45, 7) is -0.594. The number of phosphoric acid groups is 1. The van der Waals surface area contributed by atoms with Crippen molar-refractivity contribution in [3.05, 3.63) is 12.7 Å². The van der Waals surface area contributed by atoms with Gasteiger partial charge in [-0.15, -0.1) is 0 Å². The summed E-state index contributed by atoms with van der Waals surface area (Å²) in [5.41, 5.74) is 6.25. The first-order chi connectivity index (χ1) is 10.8. The van der Waals surface area contributed by atoms with Crippen LogP contribution >= 0.6 is 7.82 Å². The molecule has 2 aromatic heterocycles. The summed E-state index contributed by atoms with van der Waals surface area (Å²) in [4.78, 5) is 29.2. The molecule has 12 nitrogen and oxygen atoms in total. The molecule has 1 aliphatic rings. The third kappa shape index (κ3) is 4.99. The van der Waals surface area contributed by atoms with Crippen molar-refractivity contribution in [1.82, 2.24) is 19.5 Å². The maximum absolute atomic E-state index is 10.7. The third-order valence-electron chi connectivity index (χ3n) is 3.41. The van der Waals surface area contributed by atoms with Gasteiger partial charge >= 0.3 is 7.82 Å². The van der Waals surface area contributed by atoms with Crippen molar-refractivity contribution in [3.63, 3.8) is 0 Å². The predicted octanol–water partition coefficient (Wildman–Crippen LogP) is -2.62. The molecular formula is C10H14N5Na2O7P. The Kier molecular flexibility index (Phi) is 8.44. The standard InChI is InChI=1S/C10H14N5O7P.2Na/c11-8-5-9(13-2-12-8)15(3-14-5)10-7(17)6(16)4(22-10)1-21-23(18,19)20;;/h2-4,6-7,10,16-17H,1H2,(H2,11,12,13)(H2,18,19,20);;/t4-,6-,7+,10-;;/m1../s1. The van der Waals surface area contributed by atoms with Crippen molar-refractivity contribution < 1.29 is 33.8 Å². The van der Waals surface area contributed by atoms with Crippen molar-refractivity contribution >= 4 is 83.9 Å².